The summed E-state index contributed by atoms with van der Waals surface area (Å²) in [7, 11) is -4.09. The summed E-state index contributed by atoms with van der Waals surface area (Å²) in [6, 6.07) is 21.2. The zero-order valence-electron chi connectivity index (χ0n) is 17.1. The zero-order chi connectivity index (χ0) is 22.5. The van der Waals surface area contributed by atoms with Crippen molar-refractivity contribution in [1.82, 2.24) is 14.5 Å². The van der Waals surface area contributed by atoms with E-state index in [1.54, 1.807) is 10.6 Å². The second-order valence-corrected chi connectivity index (χ2v) is 9.40. The van der Waals surface area contributed by atoms with Gasteiger partial charge in [0.1, 0.15) is 22.0 Å². The fourth-order valence-electron chi connectivity index (χ4n) is 3.93. The quantitative estimate of drug-likeness (QED) is 0.403. The van der Waals surface area contributed by atoms with Gasteiger partial charge in [-0.15, -0.1) is 0 Å². The van der Waals surface area contributed by atoms with Crippen molar-refractivity contribution in [2.45, 2.75) is 22.8 Å². The number of sulfone groups is 1. The second-order valence-electron chi connectivity index (χ2n) is 7.51. The van der Waals surface area contributed by atoms with Crippen LogP contribution in [0.2, 0.25) is 0 Å². The molecule has 0 saturated heterocycles. The summed E-state index contributed by atoms with van der Waals surface area (Å²) in [5.74, 6) is -0.487. The molecule has 0 aliphatic carbocycles. The number of nitrogen functional groups attached to an aromatic ring is 1. The van der Waals surface area contributed by atoms with E-state index in [1.807, 2.05) is 55.5 Å². The van der Waals surface area contributed by atoms with E-state index >= 15 is 0 Å². The number of anilines is 1. The summed E-state index contributed by atoms with van der Waals surface area (Å²) in [6.07, 6.45) is 0. The Labute approximate surface area is 184 Å². The monoisotopic (exact) mass is 446 g/mol. The average molecular weight is 447 g/mol. The number of hydrogen-bond acceptors (Lipinski definition) is 5. The fraction of sp³-hybridized carbons (Fsp3) is 0.0833. The minimum atomic E-state index is -4.09. The summed E-state index contributed by atoms with van der Waals surface area (Å²) in [5, 5.41) is 0. The summed E-state index contributed by atoms with van der Waals surface area (Å²) in [6.45, 7) is 1.93. The maximum absolute atomic E-state index is 13.6. The van der Waals surface area contributed by atoms with Gasteiger partial charge in [0.25, 0.3) is 0 Å². The number of nitrogens with zero attached hydrogens (tertiary/aromatic N) is 3. The largest absolute Gasteiger partial charge is 0.384 e. The summed E-state index contributed by atoms with van der Waals surface area (Å²) in [5.41, 5.74) is 9.19. The molecule has 0 aliphatic heterocycles. The third-order valence-corrected chi connectivity index (χ3v) is 7.38. The Bertz CT molecular complexity index is 1560. The molecule has 2 heterocycles. The smallest absolute Gasteiger partial charge is 0.212 e. The third kappa shape index (κ3) is 3.11. The van der Waals surface area contributed by atoms with Crippen LogP contribution in [0.25, 0.3) is 22.2 Å². The molecule has 32 heavy (non-hydrogen) atoms. The van der Waals surface area contributed by atoms with Gasteiger partial charge < -0.3 is 10.3 Å². The zero-order valence-corrected chi connectivity index (χ0v) is 17.9. The van der Waals surface area contributed by atoms with Gasteiger partial charge in [-0.1, -0.05) is 42.5 Å². The molecule has 3 aromatic carbocycles. The lowest BCUT2D eigenvalue weighted by Crippen LogP contribution is -2.12. The third-order valence-electron chi connectivity index (χ3n) is 5.55. The molecule has 1 atom stereocenters. The van der Waals surface area contributed by atoms with Gasteiger partial charge in [-0.2, -0.15) is 0 Å². The van der Waals surface area contributed by atoms with Crippen molar-refractivity contribution < 1.29 is 12.8 Å². The SMILES string of the molecule is C[C@@H](c1ccccc1)n1c(N)c(S(=O)(=O)c2ccc(F)cc2)c2nc3ccccc3nc21. The van der Waals surface area contributed by atoms with Crippen LogP contribution >= 0.6 is 0 Å². The number of nitrogens with two attached hydrogens (primary N) is 1. The van der Waals surface area contributed by atoms with Gasteiger partial charge in [0.15, 0.2) is 5.65 Å². The molecule has 6 nitrogen and oxygen atoms in total. The van der Waals surface area contributed by atoms with E-state index in [-0.39, 0.29) is 27.2 Å². The molecule has 0 aliphatic rings. The first kappa shape index (κ1) is 20.1. The van der Waals surface area contributed by atoms with E-state index < -0.39 is 15.7 Å². The minimum Gasteiger partial charge on any atom is -0.384 e. The van der Waals surface area contributed by atoms with Gasteiger partial charge in [0.05, 0.1) is 22.0 Å². The van der Waals surface area contributed by atoms with Crippen LogP contribution in [-0.4, -0.2) is 23.0 Å². The first-order valence-electron chi connectivity index (χ1n) is 9.99. The van der Waals surface area contributed by atoms with Crippen molar-refractivity contribution in [2.24, 2.45) is 0 Å². The molecule has 5 rings (SSSR count). The van der Waals surface area contributed by atoms with Gasteiger partial charge in [0.2, 0.25) is 9.84 Å². The lowest BCUT2D eigenvalue weighted by atomic mass is 10.1. The Kier molecular flexibility index (Phi) is 4.67. The number of aromatic nitrogens is 3. The van der Waals surface area contributed by atoms with E-state index in [0.29, 0.717) is 16.7 Å². The average Bonchev–Trinajstić information content (AvgIpc) is 3.09. The molecule has 0 bridgehead atoms. The van der Waals surface area contributed by atoms with Crippen molar-refractivity contribution in [3.05, 3.63) is 90.2 Å². The second kappa shape index (κ2) is 7.42. The van der Waals surface area contributed by atoms with E-state index in [2.05, 4.69) is 4.98 Å². The van der Waals surface area contributed by atoms with Crippen LogP contribution in [0, 0.1) is 5.82 Å². The van der Waals surface area contributed by atoms with Crippen molar-refractivity contribution in [3.63, 3.8) is 0 Å². The topological polar surface area (TPSA) is 90.9 Å². The molecule has 0 radical (unpaired) electrons. The molecule has 2 N–H and O–H groups in total. The van der Waals surface area contributed by atoms with Crippen LogP contribution in [-0.2, 0) is 9.84 Å². The molecule has 0 amide bonds. The highest BCUT2D eigenvalue weighted by atomic mass is 32.2. The van der Waals surface area contributed by atoms with Gasteiger partial charge >= 0.3 is 0 Å². The molecule has 0 unspecified atom stereocenters. The summed E-state index contributed by atoms with van der Waals surface area (Å²) < 4.78 is 42.3. The highest BCUT2D eigenvalue weighted by Crippen LogP contribution is 2.38. The Morgan fingerprint density at radius 2 is 1.47 bits per heavy atom. The molecule has 0 saturated carbocycles. The van der Waals surface area contributed by atoms with Crippen LogP contribution in [0.4, 0.5) is 10.2 Å². The highest BCUT2D eigenvalue weighted by Gasteiger charge is 2.31. The lowest BCUT2D eigenvalue weighted by molar-refractivity contribution is 0.594. The summed E-state index contributed by atoms with van der Waals surface area (Å²) >= 11 is 0. The van der Waals surface area contributed by atoms with Gasteiger partial charge in [-0.25, -0.2) is 22.8 Å². The Balaban J connectivity index is 1.86. The number of para-hydroxylation sites is 2. The lowest BCUT2D eigenvalue weighted by Gasteiger charge is -2.17. The molecular weight excluding hydrogens is 427 g/mol. The standard InChI is InChI=1S/C24H19FN4O2S/c1-15(16-7-3-2-4-8-16)29-23(26)22(32(30,31)18-13-11-17(25)12-14-18)21-24(29)28-20-10-6-5-9-19(20)27-21/h2-15H,26H2,1H3/t15-/m0/s1. The van der Waals surface area contributed by atoms with E-state index in [9.17, 15) is 12.8 Å². The van der Waals surface area contributed by atoms with Crippen molar-refractivity contribution in [3.8, 4) is 0 Å². The van der Waals surface area contributed by atoms with Crippen molar-refractivity contribution in [1.29, 1.82) is 0 Å². The summed E-state index contributed by atoms with van der Waals surface area (Å²) in [4.78, 5) is 9.16. The van der Waals surface area contributed by atoms with Crippen LogP contribution in [0.15, 0.2) is 88.7 Å². The maximum atomic E-state index is 13.6. The van der Waals surface area contributed by atoms with Gasteiger partial charge in [-0.3, -0.25) is 0 Å². The Morgan fingerprint density at radius 3 is 2.12 bits per heavy atom. The van der Waals surface area contributed by atoms with Crippen LogP contribution in [0.3, 0.4) is 0 Å². The normalized spacial score (nSPS) is 12.9. The van der Waals surface area contributed by atoms with E-state index in [4.69, 9.17) is 10.7 Å². The van der Waals surface area contributed by atoms with Gasteiger partial charge in [-0.05, 0) is 48.9 Å². The molecule has 160 valence electrons. The molecule has 5 aromatic rings. The van der Waals surface area contributed by atoms with Crippen molar-refractivity contribution in [2.75, 3.05) is 5.73 Å². The fourth-order valence-corrected chi connectivity index (χ4v) is 5.42. The predicted molar refractivity (Wildman–Crippen MR) is 122 cm³/mol. The Morgan fingerprint density at radius 1 is 0.875 bits per heavy atom. The molecule has 0 fully saturated rings. The molecular formula is C24H19FN4O2S. The van der Waals surface area contributed by atoms with Gasteiger partial charge in [0, 0.05) is 0 Å². The molecule has 8 heteroatoms. The first-order valence-corrected chi connectivity index (χ1v) is 11.5. The van der Waals surface area contributed by atoms with Crippen LogP contribution in [0.1, 0.15) is 18.5 Å². The first-order chi connectivity index (χ1) is 15.4. The highest BCUT2D eigenvalue weighted by molar-refractivity contribution is 7.92. The van der Waals surface area contributed by atoms with E-state index in [0.717, 1.165) is 17.7 Å². The van der Waals surface area contributed by atoms with Crippen LogP contribution < -0.4 is 5.73 Å². The van der Waals surface area contributed by atoms with Crippen LogP contribution in [0.5, 0.6) is 0 Å². The molecule has 0 spiro atoms. The number of hydrogen-bond donors (Lipinski definition) is 1. The predicted octanol–water partition coefficient (Wildman–Crippen LogP) is 4.75. The number of benzene rings is 3. The minimum absolute atomic E-state index is 0.0379. The number of rotatable bonds is 4. The number of fused-ring (bicyclic) bond motifs is 2. The number of halogens is 1. The van der Waals surface area contributed by atoms with E-state index in [1.165, 1.54) is 12.1 Å². The van der Waals surface area contributed by atoms with Crippen molar-refractivity contribution >= 4 is 37.9 Å². The maximum Gasteiger partial charge on any atom is 0.212 e. The Hall–Kier alpha value is -3.78. The molecule has 2 aromatic heterocycles.